The molecule has 0 aliphatic carbocycles. The number of rotatable bonds is 0. The highest BCUT2D eigenvalue weighted by Gasteiger charge is 2.50. The lowest BCUT2D eigenvalue weighted by Gasteiger charge is -2.35. The Morgan fingerprint density at radius 3 is 2.09 bits per heavy atom. The number of carbonyl (C=O) groups excluding carboxylic acids is 2. The second-order valence-corrected chi connectivity index (χ2v) is 2.59. The highest BCUT2D eigenvalue weighted by atomic mass is 35.5. The fraction of sp³-hybridized carbons (Fsp3) is 0.600. The third-order valence-electron chi connectivity index (χ3n) is 1.87. The molecule has 2 rings (SSSR count). The Labute approximate surface area is 69.3 Å². The van der Waals surface area contributed by atoms with Gasteiger partial charge in [-0.25, -0.2) is 4.79 Å². The summed E-state index contributed by atoms with van der Waals surface area (Å²) < 4.78 is 0. The van der Waals surface area contributed by atoms with Crippen molar-refractivity contribution < 1.29 is 9.59 Å². The lowest BCUT2D eigenvalue weighted by atomic mass is 9.93. The summed E-state index contributed by atoms with van der Waals surface area (Å²) in [6, 6.07) is -0.383. The molecule has 0 atom stereocenters. The lowest BCUT2D eigenvalue weighted by Crippen LogP contribution is -2.69. The van der Waals surface area contributed by atoms with Gasteiger partial charge in [0.15, 0.2) is 0 Å². The van der Waals surface area contributed by atoms with Crippen molar-refractivity contribution in [2.45, 2.75) is 5.54 Å². The van der Waals surface area contributed by atoms with Gasteiger partial charge in [0, 0.05) is 13.1 Å². The standard InChI is InChI=1S/C5H7N3O2.ClH/c9-3-5(1-6-2-5)8-4(10)7-3;/h6H,1-2H2,(H2,7,8,9,10);1H. The third kappa shape index (κ3) is 0.965. The summed E-state index contributed by atoms with van der Waals surface area (Å²) in [7, 11) is 0. The molecular weight excluding hydrogens is 170 g/mol. The molecule has 2 saturated heterocycles. The van der Waals surface area contributed by atoms with Crippen LogP contribution in [0.4, 0.5) is 4.79 Å². The molecule has 11 heavy (non-hydrogen) atoms. The van der Waals surface area contributed by atoms with Crippen molar-refractivity contribution in [2.75, 3.05) is 13.1 Å². The molecule has 2 heterocycles. The Morgan fingerprint density at radius 2 is 1.91 bits per heavy atom. The van der Waals surface area contributed by atoms with E-state index in [4.69, 9.17) is 0 Å². The van der Waals surface area contributed by atoms with E-state index in [0.29, 0.717) is 13.1 Å². The molecular formula is C5H8ClN3O2. The summed E-state index contributed by atoms with van der Waals surface area (Å²) in [5, 5.41) is 7.65. The van der Waals surface area contributed by atoms with Crippen molar-refractivity contribution in [1.82, 2.24) is 16.0 Å². The first-order chi connectivity index (χ1) is 4.73. The van der Waals surface area contributed by atoms with Crippen LogP contribution >= 0.6 is 12.4 Å². The molecule has 0 unspecified atom stereocenters. The molecule has 2 fully saturated rings. The largest absolute Gasteiger partial charge is 0.322 e. The van der Waals surface area contributed by atoms with Crippen molar-refractivity contribution in [3.8, 4) is 0 Å². The number of hydrogen-bond donors (Lipinski definition) is 3. The summed E-state index contributed by atoms with van der Waals surface area (Å²) >= 11 is 0. The minimum Gasteiger partial charge on any atom is -0.321 e. The predicted molar refractivity (Wildman–Crippen MR) is 39.5 cm³/mol. The van der Waals surface area contributed by atoms with Crippen LogP contribution in [0.5, 0.6) is 0 Å². The molecule has 2 aliphatic heterocycles. The van der Waals surface area contributed by atoms with E-state index in [9.17, 15) is 9.59 Å². The van der Waals surface area contributed by atoms with Gasteiger partial charge >= 0.3 is 6.03 Å². The van der Waals surface area contributed by atoms with E-state index in [-0.39, 0.29) is 24.3 Å². The number of halogens is 1. The number of carbonyl (C=O) groups is 2. The molecule has 0 radical (unpaired) electrons. The first kappa shape index (κ1) is 8.29. The van der Waals surface area contributed by atoms with Crippen LogP contribution < -0.4 is 16.0 Å². The lowest BCUT2D eigenvalue weighted by molar-refractivity contribution is -0.125. The minimum absolute atomic E-state index is 0. The molecule has 0 aromatic rings. The summed E-state index contributed by atoms with van der Waals surface area (Å²) in [4.78, 5) is 21.5. The normalized spacial score (nSPS) is 25.1. The summed E-state index contributed by atoms with van der Waals surface area (Å²) in [6.45, 7) is 1.09. The highest BCUT2D eigenvalue weighted by molar-refractivity contribution is 6.08. The Hall–Kier alpha value is -0.810. The SMILES string of the molecule is Cl.O=C1NC(=O)C2(CNC2)N1. The zero-order valence-electron chi connectivity index (χ0n) is 5.64. The van der Waals surface area contributed by atoms with Crippen LogP contribution in [0.25, 0.3) is 0 Å². The minimum atomic E-state index is -0.614. The molecule has 2 aliphatic rings. The van der Waals surface area contributed by atoms with Crippen LogP contribution in [0.3, 0.4) is 0 Å². The molecule has 0 saturated carbocycles. The van der Waals surface area contributed by atoms with Gasteiger partial charge in [-0.2, -0.15) is 0 Å². The van der Waals surface area contributed by atoms with Gasteiger partial charge in [-0.1, -0.05) is 0 Å². The van der Waals surface area contributed by atoms with Crippen molar-refractivity contribution in [3.63, 3.8) is 0 Å². The number of hydrogen-bond acceptors (Lipinski definition) is 3. The topological polar surface area (TPSA) is 70.2 Å². The van der Waals surface area contributed by atoms with E-state index >= 15 is 0 Å². The quantitative estimate of drug-likeness (QED) is 0.398. The molecule has 0 aromatic heterocycles. The van der Waals surface area contributed by atoms with Crippen LogP contribution in [-0.4, -0.2) is 30.6 Å². The predicted octanol–water partition coefficient (Wildman–Crippen LogP) is -1.41. The van der Waals surface area contributed by atoms with Gasteiger partial charge in [-0.3, -0.25) is 10.1 Å². The molecule has 0 bridgehead atoms. The van der Waals surface area contributed by atoms with Gasteiger partial charge in [0.2, 0.25) is 0 Å². The van der Waals surface area contributed by atoms with Crippen molar-refractivity contribution in [2.24, 2.45) is 0 Å². The maximum atomic E-state index is 11.0. The van der Waals surface area contributed by atoms with Crippen molar-refractivity contribution in [1.29, 1.82) is 0 Å². The average Bonchev–Trinajstić information content (AvgIpc) is 2.04. The fourth-order valence-corrected chi connectivity index (χ4v) is 1.15. The van der Waals surface area contributed by atoms with Gasteiger partial charge in [-0.15, -0.1) is 12.4 Å². The van der Waals surface area contributed by atoms with Crippen molar-refractivity contribution in [3.05, 3.63) is 0 Å². The molecule has 5 nitrogen and oxygen atoms in total. The number of nitrogens with one attached hydrogen (secondary N) is 3. The van der Waals surface area contributed by atoms with Crippen LogP contribution in [-0.2, 0) is 4.79 Å². The maximum absolute atomic E-state index is 11.0. The molecule has 6 heteroatoms. The summed E-state index contributed by atoms with van der Waals surface area (Å²) in [6.07, 6.45) is 0. The van der Waals surface area contributed by atoms with Crippen LogP contribution in [0, 0.1) is 0 Å². The number of amides is 3. The Bertz CT molecular complexity index is 214. The Morgan fingerprint density at radius 1 is 1.27 bits per heavy atom. The average molecular weight is 178 g/mol. The van der Waals surface area contributed by atoms with Gasteiger partial charge < -0.3 is 10.6 Å². The van der Waals surface area contributed by atoms with Gasteiger partial charge in [0.25, 0.3) is 5.91 Å². The first-order valence-electron chi connectivity index (χ1n) is 3.07. The smallest absolute Gasteiger partial charge is 0.321 e. The van der Waals surface area contributed by atoms with E-state index in [1.807, 2.05) is 0 Å². The highest BCUT2D eigenvalue weighted by Crippen LogP contribution is 2.14. The maximum Gasteiger partial charge on any atom is 0.322 e. The van der Waals surface area contributed by atoms with Crippen molar-refractivity contribution >= 4 is 24.3 Å². The van der Waals surface area contributed by atoms with Gasteiger partial charge in [0.1, 0.15) is 5.54 Å². The number of imide groups is 1. The van der Waals surface area contributed by atoms with Crippen LogP contribution in [0.2, 0.25) is 0 Å². The zero-order chi connectivity index (χ0) is 7.19. The summed E-state index contributed by atoms with van der Waals surface area (Å²) in [5.74, 6) is -0.212. The Kier molecular flexibility index (Phi) is 1.77. The van der Waals surface area contributed by atoms with E-state index in [1.54, 1.807) is 0 Å². The third-order valence-corrected chi connectivity index (χ3v) is 1.87. The van der Waals surface area contributed by atoms with E-state index < -0.39 is 5.54 Å². The monoisotopic (exact) mass is 177 g/mol. The molecule has 3 amide bonds. The van der Waals surface area contributed by atoms with E-state index in [0.717, 1.165) is 0 Å². The van der Waals surface area contributed by atoms with E-state index in [2.05, 4.69) is 16.0 Å². The number of urea groups is 1. The Balaban J connectivity index is 0.000000605. The van der Waals surface area contributed by atoms with Gasteiger partial charge in [-0.05, 0) is 0 Å². The van der Waals surface area contributed by atoms with E-state index in [1.165, 1.54) is 0 Å². The fourth-order valence-electron chi connectivity index (χ4n) is 1.15. The first-order valence-corrected chi connectivity index (χ1v) is 3.07. The molecule has 3 N–H and O–H groups in total. The molecule has 0 aromatic carbocycles. The zero-order valence-corrected chi connectivity index (χ0v) is 6.46. The van der Waals surface area contributed by atoms with Gasteiger partial charge in [0.05, 0.1) is 0 Å². The van der Waals surface area contributed by atoms with Crippen LogP contribution in [0.1, 0.15) is 0 Å². The van der Waals surface area contributed by atoms with Crippen LogP contribution in [0.15, 0.2) is 0 Å². The second-order valence-electron chi connectivity index (χ2n) is 2.59. The second kappa shape index (κ2) is 2.35. The molecule has 1 spiro atoms. The summed E-state index contributed by atoms with van der Waals surface area (Å²) in [5.41, 5.74) is -0.614. The molecule has 62 valence electrons.